The van der Waals surface area contributed by atoms with Crippen molar-refractivity contribution in [3.63, 3.8) is 0 Å². The Kier molecular flexibility index (Phi) is 3.99. The van der Waals surface area contributed by atoms with Gasteiger partial charge in [0.2, 0.25) is 0 Å². The Hall–Kier alpha value is -1.82. The van der Waals surface area contributed by atoms with Gasteiger partial charge in [-0.15, -0.1) is 0 Å². The number of halogens is 1. The molecule has 0 radical (unpaired) electrons. The molecule has 18 heavy (non-hydrogen) atoms. The molecule has 0 aliphatic rings. The zero-order chi connectivity index (χ0) is 13.0. The highest BCUT2D eigenvalue weighted by molar-refractivity contribution is 6.32. The lowest BCUT2D eigenvalue weighted by Crippen LogP contribution is -2.24. The summed E-state index contributed by atoms with van der Waals surface area (Å²) in [5.74, 6) is 0.656. The second-order valence-corrected chi connectivity index (χ2v) is 4.11. The molecule has 0 aliphatic carbocycles. The maximum atomic E-state index is 11.8. The van der Waals surface area contributed by atoms with E-state index in [0.717, 1.165) is 6.42 Å². The zero-order valence-corrected chi connectivity index (χ0v) is 10.6. The van der Waals surface area contributed by atoms with Crippen molar-refractivity contribution in [1.29, 1.82) is 0 Å². The smallest absolute Gasteiger partial charge is 0.287 e. The highest BCUT2D eigenvalue weighted by Gasteiger charge is 2.09. The highest BCUT2D eigenvalue weighted by Crippen LogP contribution is 2.16. The topological polar surface area (TPSA) is 73.0 Å². The first-order valence-electron chi connectivity index (χ1n) is 5.61. The van der Waals surface area contributed by atoms with Gasteiger partial charge in [-0.25, -0.2) is 4.68 Å². The van der Waals surface area contributed by atoms with Gasteiger partial charge in [0.15, 0.2) is 5.76 Å². The quantitative estimate of drug-likeness (QED) is 0.897. The Balaban J connectivity index is 2.14. The van der Waals surface area contributed by atoms with E-state index >= 15 is 0 Å². The molecule has 0 fully saturated rings. The van der Waals surface area contributed by atoms with Crippen LogP contribution in [-0.4, -0.2) is 14.9 Å². The van der Waals surface area contributed by atoms with Crippen molar-refractivity contribution < 1.29 is 4.52 Å². The minimum absolute atomic E-state index is 0.137. The Morgan fingerprint density at radius 3 is 3.06 bits per heavy atom. The molecule has 2 heterocycles. The fourth-order valence-corrected chi connectivity index (χ4v) is 1.69. The number of anilines is 1. The van der Waals surface area contributed by atoms with E-state index in [9.17, 15) is 4.79 Å². The van der Waals surface area contributed by atoms with Crippen molar-refractivity contribution in [3.05, 3.63) is 39.6 Å². The summed E-state index contributed by atoms with van der Waals surface area (Å²) >= 11 is 5.99. The maximum absolute atomic E-state index is 11.8. The monoisotopic (exact) mass is 268 g/mol. The predicted molar refractivity (Wildman–Crippen MR) is 67.6 cm³/mol. The van der Waals surface area contributed by atoms with Crippen molar-refractivity contribution in [2.45, 2.75) is 26.4 Å². The molecule has 0 spiro atoms. The summed E-state index contributed by atoms with van der Waals surface area (Å²) in [5, 5.41) is 10.7. The van der Waals surface area contributed by atoms with Gasteiger partial charge in [0, 0.05) is 12.6 Å². The SMILES string of the molecule is CCCn1ncc(NCc2ccno2)c(Cl)c1=O. The molecule has 7 heteroatoms. The van der Waals surface area contributed by atoms with Gasteiger partial charge in [-0.2, -0.15) is 5.10 Å². The van der Waals surface area contributed by atoms with Crippen molar-refractivity contribution in [2.75, 3.05) is 5.32 Å². The van der Waals surface area contributed by atoms with Crippen molar-refractivity contribution >= 4 is 17.3 Å². The van der Waals surface area contributed by atoms with Crippen LogP contribution in [0.2, 0.25) is 5.02 Å². The normalized spacial score (nSPS) is 10.6. The van der Waals surface area contributed by atoms with E-state index in [1.165, 1.54) is 10.9 Å². The molecule has 0 saturated carbocycles. The summed E-state index contributed by atoms with van der Waals surface area (Å²) in [6, 6.07) is 1.73. The van der Waals surface area contributed by atoms with Gasteiger partial charge < -0.3 is 9.84 Å². The molecule has 0 saturated heterocycles. The molecule has 2 aromatic heterocycles. The van der Waals surface area contributed by atoms with Crippen LogP contribution in [0.1, 0.15) is 19.1 Å². The fourth-order valence-electron chi connectivity index (χ4n) is 1.48. The highest BCUT2D eigenvalue weighted by atomic mass is 35.5. The molecule has 0 aliphatic heterocycles. The number of nitrogens with zero attached hydrogens (tertiary/aromatic N) is 3. The van der Waals surface area contributed by atoms with Gasteiger partial charge in [-0.1, -0.05) is 23.7 Å². The van der Waals surface area contributed by atoms with Crippen LogP contribution in [0, 0.1) is 0 Å². The molecular formula is C11H13ClN4O2. The molecule has 1 N–H and O–H groups in total. The number of aromatic nitrogens is 3. The first-order valence-corrected chi connectivity index (χ1v) is 5.99. The first kappa shape index (κ1) is 12.6. The number of hydrogen-bond donors (Lipinski definition) is 1. The Morgan fingerprint density at radius 1 is 1.56 bits per heavy atom. The standard InChI is InChI=1S/C11H13ClN4O2/c1-2-5-16-11(17)10(12)9(7-14-16)13-6-8-3-4-15-18-8/h3-4,7,13H,2,5-6H2,1H3. The van der Waals surface area contributed by atoms with Crippen LogP contribution >= 0.6 is 11.6 Å². The van der Waals surface area contributed by atoms with E-state index in [-0.39, 0.29) is 10.6 Å². The lowest BCUT2D eigenvalue weighted by molar-refractivity contribution is 0.388. The largest absolute Gasteiger partial charge is 0.375 e. The van der Waals surface area contributed by atoms with Gasteiger partial charge in [-0.05, 0) is 6.42 Å². The fraction of sp³-hybridized carbons (Fsp3) is 0.364. The zero-order valence-electron chi connectivity index (χ0n) is 9.89. The summed E-state index contributed by atoms with van der Waals surface area (Å²) in [7, 11) is 0. The third-order valence-electron chi connectivity index (χ3n) is 2.36. The molecule has 96 valence electrons. The number of aryl methyl sites for hydroxylation is 1. The average Bonchev–Trinajstić information content (AvgIpc) is 2.87. The van der Waals surface area contributed by atoms with E-state index in [0.29, 0.717) is 24.5 Å². The lowest BCUT2D eigenvalue weighted by atomic mass is 10.4. The molecule has 2 aromatic rings. The van der Waals surface area contributed by atoms with Crippen LogP contribution in [0.4, 0.5) is 5.69 Å². The Labute approximate surface area is 109 Å². The maximum Gasteiger partial charge on any atom is 0.287 e. The third kappa shape index (κ3) is 2.70. The van der Waals surface area contributed by atoms with Crippen LogP contribution < -0.4 is 10.9 Å². The first-order chi connectivity index (χ1) is 8.72. The van der Waals surface area contributed by atoms with Gasteiger partial charge in [0.1, 0.15) is 5.02 Å². The second-order valence-electron chi connectivity index (χ2n) is 3.73. The van der Waals surface area contributed by atoms with Crippen LogP contribution in [0.5, 0.6) is 0 Å². The van der Waals surface area contributed by atoms with E-state index in [4.69, 9.17) is 16.1 Å². The predicted octanol–water partition coefficient (Wildman–Crippen LogP) is 1.91. The summed E-state index contributed by atoms with van der Waals surface area (Å²) in [6.07, 6.45) is 3.92. The van der Waals surface area contributed by atoms with E-state index in [1.54, 1.807) is 12.3 Å². The number of nitrogens with one attached hydrogen (secondary N) is 1. The van der Waals surface area contributed by atoms with Gasteiger partial charge in [0.05, 0.1) is 24.6 Å². The Morgan fingerprint density at radius 2 is 2.39 bits per heavy atom. The number of rotatable bonds is 5. The van der Waals surface area contributed by atoms with Crippen LogP contribution in [0.15, 0.2) is 27.8 Å². The van der Waals surface area contributed by atoms with E-state index < -0.39 is 0 Å². The van der Waals surface area contributed by atoms with E-state index in [1.807, 2.05) is 6.92 Å². The van der Waals surface area contributed by atoms with Crippen molar-refractivity contribution in [3.8, 4) is 0 Å². The van der Waals surface area contributed by atoms with Crippen LogP contribution in [0.3, 0.4) is 0 Å². The minimum Gasteiger partial charge on any atom is -0.375 e. The summed E-state index contributed by atoms with van der Waals surface area (Å²) in [4.78, 5) is 11.8. The molecule has 0 unspecified atom stereocenters. The lowest BCUT2D eigenvalue weighted by Gasteiger charge is -2.08. The third-order valence-corrected chi connectivity index (χ3v) is 2.73. The van der Waals surface area contributed by atoms with Crippen molar-refractivity contribution in [1.82, 2.24) is 14.9 Å². The average molecular weight is 269 g/mol. The molecule has 2 rings (SSSR count). The van der Waals surface area contributed by atoms with Gasteiger partial charge >= 0.3 is 0 Å². The molecule has 6 nitrogen and oxygen atoms in total. The van der Waals surface area contributed by atoms with Crippen LogP contribution in [-0.2, 0) is 13.1 Å². The number of hydrogen-bond acceptors (Lipinski definition) is 5. The molecule has 0 aromatic carbocycles. The van der Waals surface area contributed by atoms with E-state index in [2.05, 4.69) is 15.6 Å². The van der Waals surface area contributed by atoms with Gasteiger partial charge in [-0.3, -0.25) is 4.79 Å². The van der Waals surface area contributed by atoms with Crippen LogP contribution in [0.25, 0.3) is 0 Å². The second kappa shape index (κ2) is 5.68. The molecule has 0 bridgehead atoms. The van der Waals surface area contributed by atoms with Gasteiger partial charge in [0.25, 0.3) is 5.56 Å². The summed E-state index contributed by atoms with van der Waals surface area (Å²) < 4.78 is 6.28. The molecular weight excluding hydrogens is 256 g/mol. The van der Waals surface area contributed by atoms with Crippen molar-refractivity contribution in [2.24, 2.45) is 0 Å². The molecule has 0 atom stereocenters. The molecule has 0 amide bonds. The summed E-state index contributed by atoms with van der Waals surface area (Å²) in [5.41, 5.74) is 0.200. The summed E-state index contributed by atoms with van der Waals surface area (Å²) in [6.45, 7) is 2.93. The minimum atomic E-state index is -0.291. The Bertz CT molecular complexity index is 565.